The molecule has 0 bridgehead atoms. The molecule has 1 atom stereocenters. The van der Waals surface area contributed by atoms with Crippen molar-refractivity contribution >= 4 is 17.6 Å². The van der Waals surface area contributed by atoms with Crippen LogP contribution in [0.15, 0.2) is 12.4 Å². The smallest absolute Gasteiger partial charge is 0.224 e. The Kier molecular flexibility index (Phi) is 5.83. The first kappa shape index (κ1) is 17.6. The summed E-state index contributed by atoms with van der Waals surface area (Å²) >= 11 is 0. The van der Waals surface area contributed by atoms with Crippen LogP contribution in [0.3, 0.4) is 0 Å². The fourth-order valence-corrected chi connectivity index (χ4v) is 3.71. The molecule has 1 aromatic heterocycles. The van der Waals surface area contributed by atoms with Gasteiger partial charge >= 0.3 is 0 Å². The Morgan fingerprint density at radius 3 is 2.76 bits per heavy atom. The topological polar surface area (TPSA) is 92.4 Å². The highest BCUT2D eigenvalue weighted by Gasteiger charge is 2.24. The summed E-state index contributed by atoms with van der Waals surface area (Å²) in [6.45, 7) is 2.98. The first-order valence-corrected chi connectivity index (χ1v) is 9.24. The molecule has 136 valence electrons. The number of aromatic nitrogens is 2. The summed E-state index contributed by atoms with van der Waals surface area (Å²) < 4.78 is 0. The van der Waals surface area contributed by atoms with Gasteiger partial charge in [0.15, 0.2) is 0 Å². The zero-order chi connectivity index (χ0) is 17.6. The number of likely N-dealkylation sites (tertiary alicyclic amines) is 2. The Bertz CT molecular complexity index is 604. The third-order valence-corrected chi connectivity index (χ3v) is 5.19. The van der Waals surface area contributed by atoms with Gasteiger partial charge in [0.1, 0.15) is 5.82 Å². The predicted molar refractivity (Wildman–Crippen MR) is 94.5 cm³/mol. The number of nitrogens with two attached hydrogens (primary N) is 1. The number of nitrogens with zero attached hydrogens (tertiary/aromatic N) is 4. The van der Waals surface area contributed by atoms with E-state index in [1.165, 1.54) is 0 Å². The number of carbonyl (C=O) groups is 2. The summed E-state index contributed by atoms with van der Waals surface area (Å²) in [6, 6.07) is 0. The average Bonchev–Trinajstić information content (AvgIpc) is 2.87. The first-order valence-electron chi connectivity index (χ1n) is 9.24. The number of amides is 2. The van der Waals surface area contributed by atoms with Gasteiger partial charge in [0.05, 0.1) is 18.1 Å². The molecule has 1 aromatic rings. The molecule has 0 unspecified atom stereocenters. The van der Waals surface area contributed by atoms with Crippen molar-refractivity contribution in [2.45, 2.75) is 44.9 Å². The maximum absolute atomic E-state index is 12.5. The van der Waals surface area contributed by atoms with Crippen molar-refractivity contribution in [3.63, 3.8) is 0 Å². The van der Waals surface area contributed by atoms with Crippen LogP contribution in [0.2, 0.25) is 0 Å². The van der Waals surface area contributed by atoms with Gasteiger partial charge in [0.25, 0.3) is 0 Å². The van der Waals surface area contributed by atoms with Gasteiger partial charge in [-0.25, -0.2) is 4.98 Å². The molecular formula is C18H27N5O2. The molecule has 2 fully saturated rings. The van der Waals surface area contributed by atoms with Crippen molar-refractivity contribution in [2.75, 3.05) is 31.9 Å². The van der Waals surface area contributed by atoms with Crippen LogP contribution in [0.25, 0.3) is 0 Å². The highest BCUT2D eigenvalue weighted by Crippen LogP contribution is 2.21. The standard InChI is InChI=1S/C18H27N5O2/c19-16-13-20-15(12-21-16)11-14-3-1-7-22(9-5-14)18(25)6-10-23-8-2-4-17(23)24/h12-14H,1-11H2,(H2,19,21)/t14-/m1/s1. The van der Waals surface area contributed by atoms with E-state index in [4.69, 9.17) is 5.73 Å². The maximum Gasteiger partial charge on any atom is 0.224 e. The SMILES string of the molecule is Nc1cnc(C[C@@H]2CCCN(C(=O)CCN3CCCC3=O)CC2)cn1. The van der Waals surface area contributed by atoms with Crippen molar-refractivity contribution in [1.82, 2.24) is 19.8 Å². The fourth-order valence-electron chi connectivity index (χ4n) is 3.71. The van der Waals surface area contributed by atoms with E-state index >= 15 is 0 Å². The van der Waals surface area contributed by atoms with Crippen LogP contribution in [-0.4, -0.2) is 57.8 Å². The Morgan fingerprint density at radius 1 is 1.16 bits per heavy atom. The van der Waals surface area contributed by atoms with E-state index in [1.807, 2.05) is 9.80 Å². The van der Waals surface area contributed by atoms with Gasteiger partial charge in [0, 0.05) is 39.0 Å². The minimum atomic E-state index is 0.174. The molecule has 2 N–H and O–H groups in total. The quantitative estimate of drug-likeness (QED) is 0.867. The lowest BCUT2D eigenvalue weighted by Crippen LogP contribution is -2.35. The van der Waals surface area contributed by atoms with Gasteiger partial charge in [-0.15, -0.1) is 0 Å². The van der Waals surface area contributed by atoms with Crippen LogP contribution < -0.4 is 5.73 Å². The van der Waals surface area contributed by atoms with Crippen LogP contribution in [0, 0.1) is 5.92 Å². The van der Waals surface area contributed by atoms with E-state index in [9.17, 15) is 9.59 Å². The Hall–Kier alpha value is -2.18. The molecule has 2 amide bonds. The zero-order valence-corrected chi connectivity index (χ0v) is 14.7. The van der Waals surface area contributed by atoms with Crippen LogP contribution in [0.5, 0.6) is 0 Å². The molecule has 0 saturated carbocycles. The molecule has 0 aromatic carbocycles. The van der Waals surface area contributed by atoms with Crippen LogP contribution in [-0.2, 0) is 16.0 Å². The second kappa shape index (κ2) is 8.27. The summed E-state index contributed by atoms with van der Waals surface area (Å²) in [6.07, 6.45) is 9.33. The Labute approximate surface area is 148 Å². The minimum Gasteiger partial charge on any atom is -0.382 e. The number of rotatable bonds is 5. The molecule has 7 heteroatoms. The molecule has 7 nitrogen and oxygen atoms in total. The number of anilines is 1. The molecule has 2 saturated heterocycles. The molecule has 0 radical (unpaired) electrons. The third-order valence-electron chi connectivity index (χ3n) is 5.19. The van der Waals surface area contributed by atoms with Gasteiger partial charge in [-0.1, -0.05) is 0 Å². The van der Waals surface area contributed by atoms with Crippen molar-refractivity contribution in [2.24, 2.45) is 5.92 Å². The lowest BCUT2D eigenvalue weighted by molar-refractivity contribution is -0.132. The van der Waals surface area contributed by atoms with Crippen LogP contribution in [0.4, 0.5) is 5.82 Å². The average molecular weight is 345 g/mol. The van der Waals surface area contributed by atoms with E-state index < -0.39 is 0 Å². The normalized spacial score (nSPS) is 21.4. The molecule has 0 spiro atoms. The molecule has 2 aliphatic heterocycles. The van der Waals surface area contributed by atoms with E-state index in [0.29, 0.717) is 31.1 Å². The lowest BCUT2D eigenvalue weighted by atomic mass is 9.95. The number of nitrogen functional groups attached to an aromatic ring is 1. The van der Waals surface area contributed by atoms with Crippen molar-refractivity contribution in [3.05, 3.63) is 18.1 Å². The van der Waals surface area contributed by atoms with Crippen LogP contribution >= 0.6 is 0 Å². The Balaban J connectivity index is 1.45. The van der Waals surface area contributed by atoms with Gasteiger partial charge in [-0.3, -0.25) is 14.6 Å². The van der Waals surface area contributed by atoms with Gasteiger partial charge < -0.3 is 15.5 Å². The minimum absolute atomic E-state index is 0.174. The summed E-state index contributed by atoms with van der Waals surface area (Å²) in [5, 5.41) is 0. The molecular weight excluding hydrogens is 318 g/mol. The molecule has 3 rings (SSSR count). The monoisotopic (exact) mass is 345 g/mol. The van der Waals surface area contributed by atoms with Gasteiger partial charge in [-0.05, 0) is 38.0 Å². The number of carbonyl (C=O) groups excluding carboxylic acids is 2. The first-order chi connectivity index (χ1) is 12.1. The van der Waals surface area contributed by atoms with E-state index in [1.54, 1.807) is 12.4 Å². The Morgan fingerprint density at radius 2 is 2.04 bits per heavy atom. The largest absolute Gasteiger partial charge is 0.382 e. The second-order valence-electron chi connectivity index (χ2n) is 7.05. The van der Waals surface area contributed by atoms with Crippen molar-refractivity contribution < 1.29 is 9.59 Å². The number of hydrogen-bond acceptors (Lipinski definition) is 5. The number of hydrogen-bond donors (Lipinski definition) is 1. The molecule has 0 aliphatic carbocycles. The maximum atomic E-state index is 12.5. The zero-order valence-electron chi connectivity index (χ0n) is 14.7. The summed E-state index contributed by atoms with van der Waals surface area (Å²) in [4.78, 5) is 36.3. The summed E-state index contributed by atoms with van der Waals surface area (Å²) in [5.41, 5.74) is 6.54. The summed E-state index contributed by atoms with van der Waals surface area (Å²) in [7, 11) is 0. The molecule has 25 heavy (non-hydrogen) atoms. The molecule has 3 heterocycles. The second-order valence-corrected chi connectivity index (χ2v) is 7.05. The summed E-state index contributed by atoms with van der Waals surface area (Å²) in [5.74, 6) is 1.33. The van der Waals surface area contributed by atoms with Crippen LogP contribution in [0.1, 0.15) is 44.2 Å². The lowest BCUT2D eigenvalue weighted by Gasteiger charge is -2.22. The highest BCUT2D eigenvalue weighted by molar-refractivity contribution is 5.80. The van der Waals surface area contributed by atoms with E-state index in [2.05, 4.69) is 9.97 Å². The van der Waals surface area contributed by atoms with Gasteiger partial charge in [0.2, 0.25) is 11.8 Å². The third kappa shape index (κ3) is 4.90. The van der Waals surface area contributed by atoms with Crippen molar-refractivity contribution in [1.29, 1.82) is 0 Å². The predicted octanol–water partition coefficient (Wildman–Crippen LogP) is 1.24. The van der Waals surface area contributed by atoms with E-state index in [0.717, 1.165) is 57.4 Å². The fraction of sp³-hybridized carbons (Fsp3) is 0.667. The highest BCUT2D eigenvalue weighted by atomic mass is 16.2. The van der Waals surface area contributed by atoms with Crippen molar-refractivity contribution in [3.8, 4) is 0 Å². The van der Waals surface area contributed by atoms with E-state index in [-0.39, 0.29) is 11.8 Å². The van der Waals surface area contributed by atoms with Gasteiger partial charge in [-0.2, -0.15) is 0 Å². The molecule has 2 aliphatic rings.